The molecule has 0 aromatic heterocycles. The molecule has 4 nitrogen and oxygen atoms in total. The molecule has 38 heavy (non-hydrogen) atoms. The van der Waals surface area contributed by atoms with Gasteiger partial charge in [-0.3, -0.25) is 9.59 Å². The number of unbranched alkanes of at least 4 members (excludes halogenated alkanes) is 21. The normalized spacial score (nSPS) is 12.1. The van der Waals surface area contributed by atoms with Gasteiger partial charge >= 0.3 is 11.9 Å². The van der Waals surface area contributed by atoms with Crippen molar-refractivity contribution >= 4 is 11.9 Å². The summed E-state index contributed by atoms with van der Waals surface area (Å²) in [4.78, 5) is 23.0. The highest BCUT2D eigenvalue weighted by Crippen LogP contribution is 2.18. The van der Waals surface area contributed by atoms with Crippen molar-refractivity contribution in [3.8, 4) is 0 Å². The van der Waals surface area contributed by atoms with Gasteiger partial charge in [-0.1, -0.05) is 154 Å². The van der Waals surface area contributed by atoms with E-state index in [2.05, 4.69) is 25.7 Å². The molecule has 0 radical (unpaired) electrons. The summed E-state index contributed by atoms with van der Waals surface area (Å²) in [6, 6.07) is 0. The van der Waals surface area contributed by atoms with Crippen LogP contribution >= 0.6 is 0 Å². The molecular weight excluding hydrogens is 472 g/mol. The standard InChI is InChI=1S/C34H62O4/c1-3-5-6-7-8-9-10-11-12-13-14-15-16-17-18-19-20-21-22-23-24-25-26-27-28-29-32(31-33(35)36)34(37)38-30-4-2/h4,18-19,32H,2-3,5-17,20-31H2,1H3,(H,35,36)/b19-18+. The molecule has 0 rings (SSSR count). The number of hydrogen-bond acceptors (Lipinski definition) is 3. The number of carboxylic acid groups (broad SMARTS) is 1. The summed E-state index contributed by atoms with van der Waals surface area (Å²) in [5.41, 5.74) is 0. The van der Waals surface area contributed by atoms with E-state index in [-0.39, 0.29) is 13.0 Å². The number of carboxylic acids is 1. The van der Waals surface area contributed by atoms with Gasteiger partial charge in [0, 0.05) is 0 Å². The van der Waals surface area contributed by atoms with Crippen LogP contribution in [0.25, 0.3) is 0 Å². The smallest absolute Gasteiger partial charge is 0.309 e. The summed E-state index contributed by atoms with van der Waals surface area (Å²) < 4.78 is 5.04. The van der Waals surface area contributed by atoms with Gasteiger partial charge in [-0.2, -0.15) is 0 Å². The lowest BCUT2D eigenvalue weighted by Crippen LogP contribution is -2.21. The number of allylic oxidation sites excluding steroid dienone is 2. The first-order valence-electron chi connectivity index (χ1n) is 16.3. The number of carbonyl (C=O) groups excluding carboxylic acids is 1. The van der Waals surface area contributed by atoms with E-state index in [4.69, 9.17) is 9.84 Å². The molecule has 4 heteroatoms. The Balaban J connectivity index is 3.39. The van der Waals surface area contributed by atoms with Crippen molar-refractivity contribution in [1.82, 2.24) is 0 Å². The fourth-order valence-electron chi connectivity index (χ4n) is 5.00. The van der Waals surface area contributed by atoms with E-state index in [1.165, 1.54) is 134 Å². The molecule has 222 valence electrons. The molecular formula is C34H62O4. The molecule has 0 aromatic carbocycles. The maximum atomic E-state index is 12.0. The van der Waals surface area contributed by atoms with Gasteiger partial charge in [0.05, 0.1) is 12.3 Å². The van der Waals surface area contributed by atoms with Gasteiger partial charge in [-0.15, -0.1) is 0 Å². The minimum Gasteiger partial charge on any atom is -0.481 e. The highest BCUT2D eigenvalue weighted by Gasteiger charge is 2.22. The third-order valence-corrected chi connectivity index (χ3v) is 7.41. The molecule has 1 unspecified atom stereocenters. The average molecular weight is 535 g/mol. The SMILES string of the molecule is C=CCOC(=O)C(CCCCCCCCCC/C=C/CCCCCCCCCCCCCCC)CC(=O)O. The van der Waals surface area contributed by atoms with Gasteiger partial charge in [-0.25, -0.2) is 0 Å². The molecule has 0 fully saturated rings. The monoisotopic (exact) mass is 534 g/mol. The van der Waals surface area contributed by atoms with Crippen LogP contribution in [0.5, 0.6) is 0 Å². The van der Waals surface area contributed by atoms with E-state index in [0.717, 1.165) is 19.3 Å². The third kappa shape index (κ3) is 27.5. The first-order valence-corrected chi connectivity index (χ1v) is 16.3. The van der Waals surface area contributed by atoms with Crippen LogP contribution in [0.3, 0.4) is 0 Å². The molecule has 0 amide bonds. The van der Waals surface area contributed by atoms with Crippen LogP contribution in [-0.4, -0.2) is 23.7 Å². The Hall–Kier alpha value is -1.58. The summed E-state index contributed by atoms with van der Waals surface area (Å²) >= 11 is 0. The lowest BCUT2D eigenvalue weighted by Gasteiger charge is -2.13. The molecule has 0 heterocycles. The van der Waals surface area contributed by atoms with Crippen molar-refractivity contribution in [2.45, 2.75) is 167 Å². The molecule has 0 saturated carbocycles. The van der Waals surface area contributed by atoms with E-state index >= 15 is 0 Å². The van der Waals surface area contributed by atoms with Crippen LogP contribution in [0.2, 0.25) is 0 Å². The van der Waals surface area contributed by atoms with Crippen LogP contribution in [-0.2, 0) is 14.3 Å². The van der Waals surface area contributed by atoms with Crippen molar-refractivity contribution in [1.29, 1.82) is 0 Å². The van der Waals surface area contributed by atoms with Crippen LogP contribution < -0.4 is 0 Å². The van der Waals surface area contributed by atoms with Gasteiger partial charge in [0.1, 0.15) is 6.61 Å². The van der Waals surface area contributed by atoms with Crippen molar-refractivity contribution in [2.24, 2.45) is 5.92 Å². The van der Waals surface area contributed by atoms with E-state index in [0.29, 0.717) is 6.42 Å². The van der Waals surface area contributed by atoms with Crippen LogP contribution in [0.1, 0.15) is 167 Å². The Morgan fingerprint density at radius 2 is 1.05 bits per heavy atom. The Labute approximate surface area is 236 Å². The lowest BCUT2D eigenvalue weighted by atomic mass is 9.97. The number of esters is 1. The Bertz CT molecular complexity index is 569. The molecule has 1 atom stereocenters. The zero-order valence-corrected chi connectivity index (χ0v) is 25.1. The predicted octanol–water partition coefficient (Wildman–Crippen LogP) is 10.7. The Morgan fingerprint density at radius 3 is 1.45 bits per heavy atom. The second-order valence-electron chi connectivity index (χ2n) is 11.1. The van der Waals surface area contributed by atoms with E-state index in [9.17, 15) is 9.59 Å². The Kier molecular flexibility index (Phi) is 28.7. The minimum atomic E-state index is -0.944. The summed E-state index contributed by atoms with van der Waals surface area (Å²) in [5.74, 6) is -1.89. The second kappa shape index (κ2) is 30.0. The van der Waals surface area contributed by atoms with Crippen molar-refractivity contribution in [2.75, 3.05) is 6.61 Å². The van der Waals surface area contributed by atoms with Gasteiger partial charge in [-0.05, 0) is 32.1 Å². The summed E-state index contributed by atoms with van der Waals surface area (Å²) in [6.45, 7) is 5.95. The predicted molar refractivity (Wildman–Crippen MR) is 163 cm³/mol. The maximum absolute atomic E-state index is 12.0. The number of aliphatic carboxylic acids is 1. The fourth-order valence-corrected chi connectivity index (χ4v) is 5.00. The molecule has 1 N–H and O–H groups in total. The number of carbonyl (C=O) groups is 2. The first-order chi connectivity index (χ1) is 18.6. The van der Waals surface area contributed by atoms with Crippen LogP contribution in [0.15, 0.2) is 24.8 Å². The lowest BCUT2D eigenvalue weighted by molar-refractivity contribution is -0.152. The highest BCUT2D eigenvalue weighted by atomic mass is 16.5. The second-order valence-corrected chi connectivity index (χ2v) is 11.1. The van der Waals surface area contributed by atoms with E-state index < -0.39 is 17.9 Å². The zero-order valence-electron chi connectivity index (χ0n) is 25.1. The highest BCUT2D eigenvalue weighted by molar-refractivity contribution is 5.79. The molecule has 0 aliphatic carbocycles. The molecule has 0 bridgehead atoms. The largest absolute Gasteiger partial charge is 0.481 e. The van der Waals surface area contributed by atoms with Crippen molar-refractivity contribution in [3.63, 3.8) is 0 Å². The van der Waals surface area contributed by atoms with Gasteiger partial charge in [0.25, 0.3) is 0 Å². The molecule has 0 spiro atoms. The van der Waals surface area contributed by atoms with Crippen LogP contribution in [0.4, 0.5) is 0 Å². The van der Waals surface area contributed by atoms with Crippen molar-refractivity contribution < 1.29 is 19.4 Å². The molecule has 0 saturated heterocycles. The summed E-state index contributed by atoms with van der Waals surface area (Å²) in [6.07, 6.45) is 37.1. The van der Waals surface area contributed by atoms with Gasteiger partial charge < -0.3 is 9.84 Å². The number of rotatable bonds is 30. The molecule has 0 aliphatic heterocycles. The zero-order chi connectivity index (χ0) is 27.9. The summed E-state index contributed by atoms with van der Waals surface area (Å²) in [5, 5.41) is 9.02. The Morgan fingerprint density at radius 1 is 0.658 bits per heavy atom. The third-order valence-electron chi connectivity index (χ3n) is 7.41. The average Bonchev–Trinajstić information content (AvgIpc) is 2.90. The van der Waals surface area contributed by atoms with Crippen molar-refractivity contribution in [3.05, 3.63) is 24.8 Å². The number of hydrogen-bond donors (Lipinski definition) is 1. The molecule has 0 aliphatic rings. The summed E-state index contributed by atoms with van der Waals surface area (Å²) in [7, 11) is 0. The quantitative estimate of drug-likeness (QED) is 0.0565. The van der Waals surface area contributed by atoms with E-state index in [1.54, 1.807) is 0 Å². The van der Waals surface area contributed by atoms with Crippen LogP contribution in [0, 0.1) is 5.92 Å². The topological polar surface area (TPSA) is 63.6 Å². The van der Waals surface area contributed by atoms with E-state index in [1.807, 2.05) is 0 Å². The maximum Gasteiger partial charge on any atom is 0.309 e. The fraction of sp³-hybridized carbons (Fsp3) is 0.824. The number of ether oxygens (including phenoxy) is 1. The first kappa shape index (κ1) is 36.4. The van der Waals surface area contributed by atoms with Gasteiger partial charge in [0.15, 0.2) is 0 Å². The molecule has 0 aromatic rings. The van der Waals surface area contributed by atoms with Gasteiger partial charge in [0.2, 0.25) is 0 Å². The minimum absolute atomic E-state index is 0.143.